The third kappa shape index (κ3) is 4.64. The molecule has 21 heavy (non-hydrogen) atoms. The second-order valence-corrected chi connectivity index (χ2v) is 8.19. The minimum atomic E-state index is -3.14. The van der Waals surface area contributed by atoms with Gasteiger partial charge in [-0.15, -0.1) is 0 Å². The predicted molar refractivity (Wildman–Crippen MR) is 81.5 cm³/mol. The largest absolute Gasteiger partial charge is 0.339 e. The monoisotopic (exact) mass is 318 g/mol. The van der Waals surface area contributed by atoms with Crippen LogP contribution in [0.25, 0.3) is 0 Å². The van der Waals surface area contributed by atoms with Crippen LogP contribution in [-0.4, -0.2) is 92.6 Å². The van der Waals surface area contributed by atoms with Crippen molar-refractivity contribution in [3.05, 3.63) is 0 Å². The van der Waals surface area contributed by atoms with E-state index in [9.17, 15) is 13.2 Å². The van der Waals surface area contributed by atoms with E-state index < -0.39 is 10.0 Å². The molecule has 2 aliphatic heterocycles. The van der Waals surface area contributed by atoms with Gasteiger partial charge < -0.3 is 10.2 Å². The molecule has 122 valence electrons. The van der Waals surface area contributed by atoms with E-state index in [2.05, 4.69) is 24.1 Å². The summed E-state index contributed by atoms with van der Waals surface area (Å²) >= 11 is 0. The molecule has 2 atom stereocenters. The fourth-order valence-corrected chi connectivity index (χ4v) is 3.96. The van der Waals surface area contributed by atoms with Gasteiger partial charge in [0.1, 0.15) is 0 Å². The first-order valence-corrected chi connectivity index (χ1v) is 9.32. The second kappa shape index (κ2) is 6.60. The molecule has 0 aromatic heterocycles. The summed E-state index contributed by atoms with van der Waals surface area (Å²) in [5, 5.41) is 3.44. The van der Waals surface area contributed by atoms with Gasteiger partial charge in [-0.25, -0.2) is 8.42 Å². The van der Waals surface area contributed by atoms with E-state index in [4.69, 9.17) is 0 Å². The molecular weight excluding hydrogens is 292 g/mol. The lowest BCUT2D eigenvalue weighted by Gasteiger charge is -2.38. The number of hydrogen-bond donors (Lipinski definition) is 1. The highest BCUT2D eigenvalue weighted by atomic mass is 32.2. The van der Waals surface area contributed by atoms with E-state index in [1.807, 2.05) is 0 Å². The van der Waals surface area contributed by atoms with E-state index in [-0.39, 0.29) is 5.91 Å². The Morgan fingerprint density at radius 1 is 1.10 bits per heavy atom. The molecule has 0 aromatic rings. The van der Waals surface area contributed by atoms with Crippen LogP contribution in [-0.2, 0) is 14.8 Å². The fraction of sp³-hybridized carbons (Fsp3) is 0.923. The van der Waals surface area contributed by atoms with Crippen molar-refractivity contribution in [3.63, 3.8) is 0 Å². The molecule has 2 unspecified atom stereocenters. The topological polar surface area (TPSA) is 73.0 Å². The molecule has 2 rings (SSSR count). The quantitative estimate of drug-likeness (QED) is 0.706. The molecule has 0 saturated carbocycles. The summed E-state index contributed by atoms with van der Waals surface area (Å²) in [5.74, 6) is 0.101. The van der Waals surface area contributed by atoms with Crippen molar-refractivity contribution >= 4 is 15.9 Å². The summed E-state index contributed by atoms with van der Waals surface area (Å²) in [6.45, 7) is 8.20. The molecule has 8 heteroatoms. The Hall–Kier alpha value is -0.700. The molecule has 2 fully saturated rings. The van der Waals surface area contributed by atoms with Crippen LogP contribution >= 0.6 is 0 Å². The number of rotatable bonds is 3. The van der Waals surface area contributed by atoms with Crippen LogP contribution in [0.4, 0.5) is 0 Å². The van der Waals surface area contributed by atoms with Crippen LogP contribution in [0, 0.1) is 0 Å². The van der Waals surface area contributed by atoms with Gasteiger partial charge >= 0.3 is 0 Å². The number of nitrogens with one attached hydrogen (secondary N) is 1. The van der Waals surface area contributed by atoms with Crippen molar-refractivity contribution in [2.75, 3.05) is 52.1 Å². The second-order valence-electron chi connectivity index (χ2n) is 6.21. The molecule has 1 N–H and O–H groups in total. The Bertz CT molecular complexity index is 464. The molecule has 7 nitrogen and oxygen atoms in total. The highest BCUT2D eigenvalue weighted by Gasteiger charge is 2.28. The first-order valence-electron chi connectivity index (χ1n) is 7.47. The standard InChI is InChI=1S/C13H26N4O3S/c1-11-8-15(9-12(2)14-11)10-13(18)16-4-6-17(7-5-16)21(3,19)20/h11-12,14H,4-10H2,1-3H3. The van der Waals surface area contributed by atoms with E-state index in [0.717, 1.165) is 13.1 Å². The van der Waals surface area contributed by atoms with Gasteiger partial charge in [0, 0.05) is 51.4 Å². The van der Waals surface area contributed by atoms with E-state index in [1.54, 1.807) is 4.90 Å². The molecule has 0 radical (unpaired) electrons. The summed E-state index contributed by atoms with van der Waals surface area (Å²) < 4.78 is 24.4. The maximum atomic E-state index is 12.3. The molecular formula is C13H26N4O3S. The van der Waals surface area contributed by atoms with Gasteiger partial charge in [-0.3, -0.25) is 9.69 Å². The molecule has 2 saturated heterocycles. The van der Waals surface area contributed by atoms with Crippen LogP contribution in [0.2, 0.25) is 0 Å². The third-order valence-electron chi connectivity index (χ3n) is 4.05. The predicted octanol–water partition coefficient (Wildman–Crippen LogP) is -1.23. The minimum Gasteiger partial charge on any atom is -0.339 e. The van der Waals surface area contributed by atoms with Crippen molar-refractivity contribution in [1.82, 2.24) is 19.4 Å². The van der Waals surface area contributed by atoms with Crippen LogP contribution in [0.1, 0.15) is 13.8 Å². The number of carbonyl (C=O) groups is 1. The average molecular weight is 318 g/mol. The van der Waals surface area contributed by atoms with Gasteiger partial charge in [0.25, 0.3) is 0 Å². The number of hydrogen-bond acceptors (Lipinski definition) is 5. The Morgan fingerprint density at radius 2 is 1.62 bits per heavy atom. The van der Waals surface area contributed by atoms with Gasteiger partial charge in [0.15, 0.2) is 0 Å². The van der Waals surface area contributed by atoms with Crippen LogP contribution in [0.3, 0.4) is 0 Å². The number of piperazine rings is 2. The summed E-state index contributed by atoms with van der Waals surface area (Å²) in [5.41, 5.74) is 0. The van der Waals surface area contributed by atoms with Crippen molar-refractivity contribution < 1.29 is 13.2 Å². The number of sulfonamides is 1. The van der Waals surface area contributed by atoms with E-state index in [0.29, 0.717) is 44.8 Å². The molecule has 0 bridgehead atoms. The Morgan fingerprint density at radius 3 is 2.10 bits per heavy atom. The van der Waals surface area contributed by atoms with E-state index >= 15 is 0 Å². The van der Waals surface area contributed by atoms with Crippen molar-refractivity contribution in [1.29, 1.82) is 0 Å². The highest BCUT2D eigenvalue weighted by Crippen LogP contribution is 2.09. The fourth-order valence-electron chi connectivity index (χ4n) is 3.13. The smallest absolute Gasteiger partial charge is 0.236 e. The first-order chi connectivity index (χ1) is 9.75. The highest BCUT2D eigenvalue weighted by molar-refractivity contribution is 7.88. The lowest BCUT2D eigenvalue weighted by Crippen LogP contribution is -2.57. The van der Waals surface area contributed by atoms with Gasteiger partial charge in [-0.05, 0) is 13.8 Å². The van der Waals surface area contributed by atoms with E-state index in [1.165, 1.54) is 10.6 Å². The number of carbonyl (C=O) groups excluding carboxylic acids is 1. The zero-order valence-corrected chi connectivity index (χ0v) is 13.9. The summed E-state index contributed by atoms with van der Waals surface area (Å²) in [7, 11) is -3.14. The molecule has 2 aliphatic rings. The molecule has 0 aromatic carbocycles. The maximum Gasteiger partial charge on any atom is 0.236 e. The zero-order chi connectivity index (χ0) is 15.6. The lowest BCUT2D eigenvalue weighted by atomic mass is 10.1. The van der Waals surface area contributed by atoms with Crippen LogP contribution in [0.5, 0.6) is 0 Å². The Labute approximate surface area is 127 Å². The third-order valence-corrected chi connectivity index (χ3v) is 5.36. The lowest BCUT2D eigenvalue weighted by molar-refractivity contribution is -0.134. The number of nitrogens with zero attached hydrogens (tertiary/aromatic N) is 3. The minimum absolute atomic E-state index is 0.101. The molecule has 0 spiro atoms. The zero-order valence-electron chi connectivity index (χ0n) is 13.1. The molecule has 0 aliphatic carbocycles. The SMILES string of the molecule is CC1CN(CC(=O)N2CCN(S(C)(=O)=O)CC2)CC(C)N1. The number of amides is 1. The van der Waals surface area contributed by atoms with Gasteiger partial charge in [0.05, 0.1) is 12.8 Å². The van der Waals surface area contributed by atoms with Gasteiger partial charge in [-0.1, -0.05) is 0 Å². The maximum absolute atomic E-state index is 12.3. The Balaban J connectivity index is 1.82. The summed E-state index contributed by atoms with van der Waals surface area (Å²) in [6.07, 6.45) is 1.22. The average Bonchev–Trinajstić information content (AvgIpc) is 2.36. The summed E-state index contributed by atoms with van der Waals surface area (Å²) in [6, 6.07) is 0.785. The Kier molecular flexibility index (Phi) is 5.24. The van der Waals surface area contributed by atoms with Gasteiger partial charge in [0.2, 0.25) is 15.9 Å². The molecule has 2 heterocycles. The normalized spacial score (nSPS) is 29.6. The first kappa shape index (κ1) is 16.7. The van der Waals surface area contributed by atoms with Crippen molar-refractivity contribution in [2.45, 2.75) is 25.9 Å². The van der Waals surface area contributed by atoms with Crippen molar-refractivity contribution in [3.8, 4) is 0 Å². The van der Waals surface area contributed by atoms with Crippen LogP contribution in [0.15, 0.2) is 0 Å². The van der Waals surface area contributed by atoms with Gasteiger partial charge in [-0.2, -0.15) is 4.31 Å². The summed E-state index contributed by atoms with van der Waals surface area (Å²) in [4.78, 5) is 16.3. The van der Waals surface area contributed by atoms with Crippen molar-refractivity contribution in [2.24, 2.45) is 0 Å². The van der Waals surface area contributed by atoms with Crippen LogP contribution < -0.4 is 5.32 Å². The molecule has 1 amide bonds.